The summed E-state index contributed by atoms with van der Waals surface area (Å²) in [6.45, 7) is 3.86. The second kappa shape index (κ2) is 7.14. The Morgan fingerprint density at radius 3 is 2.55 bits per heavy atom. The summed E-state index contributed by atoms with van der Waals surface area (Å²) in [5.41, 5.74) is 2.84. The quantitative estimate of drug-likeness (QED) is 0.730. The number of aromatic nitrogens is 4. The molecule has 0 aliphatic carbocycles. The number of alkyl halides is 3. The fourth-order valence-electron chi connectivity index (χ4n) is 3.61. The van der Waals surface area contributed by atoms with Crippen molar-refractivity contribution in [3.05, 3.63) is 68.9 Å². The molecule has 152 valence electrons. The molecule has 9 heteroatoms. The Bertz CT molecular complexity index is 1100. The van der Waals surface area contributed by atoms with Crippen LogP contribution in [0.15, 0.2) is 35.3 Å². The minimum absolute atomic E-state index is 0.252. The molecule has 2 aromatic heterocycles. The first-order chi connectivity index (χ1) is 13.7. The van der Waals surface area contributed by atoms with Crippen LogP contribution in [-0.4, -0.2) is 31.2 Å². The molecule has 0 atom stereocenters. The van der Waals surface area contributed by atoms with Gasteiger partial charge in [-0.05, 0) is 19.1 Å². The monoisotopic (exact) mass is 403 g/mol. The number of nitrogens with zero attached hydrogens (tertiary/aromatic N) is 4. The molecule has 4 rings (SSSR count). The molecule has 3 heterocycles. The molecule has 1 N–H and O–H groups in total. The second-order valence-corrected chi connectivity index (χ2v) is 7.29. The van der Waals surface area contributed by atoms with Crippen LogP contribution >= 0.6 is 0 Å². The number of aromatic amines is 1. The van der Waals surface area contributed by atoms with Crippen molar-refractivity contribution < 1.29 is 13.2 Å². The lowest BCUT2D eigenvalue weighted by Crippen LogP contribution is -2.35. The summed E-state index contributed by atoms with van der Waals surface area (Å²) >= 11 is 0. The number of benzene rings is 1. The second-order valence-electron chi connectivity index (χ2n) is 7.29. The van der Waals surface area contributed by atoms with E-state index in [0.29, 0.717) is 42.2 Å². The number of hydrogen-bond acceptors (Lipinski definition) is 4. The average Bonchev–Trinajstić information content (AvgIpc) is 2.98. The number of nitrogens with one attached hydrogen (secondary N) is 1. The highest BCUT2D eigenvalue weighted by Crippen LogP contribution is 2.30. The summed E-state index contributed by atoms with van der Waals surface area (Å²) in [6, 6.07) is 4.64. The smallest absolute Gasteiger partial charge is 0.306 e. The van der Waals surface area contributed by atoms with E-state index in [0.717, 1.165) is 29.9 Å². The summed E-state index contributed by atoms with van der Waals surface area (Å²) < 4.78 is 40.0. The summed E-state index contributed by atoms with van der Waals surface area (Å²) in [4.78, 5) is 22.0. The number of fused-ring (bicyclic) bond motifs is 1. The summed E-state index contributed by atoms with van der Waals surface area (Å²) in [5, 5.41) is 4.34. The molecule has 0 fully saturated rings. The van der Waals surface area contributed by atoms with Crippen LogP contribution < -0.4 is 5.56 Å². The van der Waals surface area contributed by atoms with Crippen LogP contribution in [0.4, 0.5) is 13.2 Å². The van der Waals surface area contributed by atoms with E-state index in [1.165, 1.54) is 12.1 Å². The zero-order chi connectivity index (χ0) is 20.8. The van der Waals surface area contributed by atoms with Crippen molar-refractivity contribution in [2.75, 3.05) is 6.54 Å². The number of halogens is 3. The Labute approximate surface area is 165 Å². The molecule has 1 aromatic carbocycles. The number of rotatable bonds is 3. The third-order valence-electron chi connectivity index (χ3n) is 5.14. The van der Waals surface area contributed by atoms with Crippen molar-refractivity contribution in [1.29, 1.82) is 0 Å². The first-order valence-corrected chi connectivity index (χ1v) is 9.22. The van der Waals surface area contributed by atoms with E-state index in [4.69, 9.17) is 0 Å². The Morgan fingerprint density at radius 1 is 1.21 bits per heavy atom. The van der Waals surface area contributed by atoms with E-state index in [-0.39, 0.29) is 5.56 Å². The van der Waals surface area contributed by atoms with Gasteiger partial charge in [0.15, 0.2) is 0 Å². The lowest BCUT2D eigenvalue weighted by Gasteiger charge is -2.27. The van der Waals surface area contributed by atoms with Crippen molar-refractivity contribution in [3.63, 3.8) is 0 Å². The third kappa shape index (κ3) is 3.95. The number of aryl methyl sites for hydroxylation is 2. The lowest BCUT2D eigenvalue weighted by molar-refractivity contribution is -0.137. The summed E-state index contributed by atoms with van der Waals surface area (Å²) in [7, 11) is 1.87. The molecule has 3 aromatic rings. The third-order valence-corrected chi connectivity index (χ3v) is 5.14. The van der Waals surface area contributed by atoms with E-state index in [1.807, 2.05) is 20.2 Å². The van der Waals surface area contributed by atoms with Gasteiger partial charge in [0.1, 0.15) is 5.82 Å². The van der Waals surface area contributed by atoms with Gasteiger partial charge in [-0.2, -0.15) is 18.3 Å². The maximum absolute atomic E-state index is 12.7. The number of H-pyrrole nitrogens is 1. The van der Waals surface area contributed by atoms with Gasteiger partial charge in [-0.25, -0.2) is 4.98 Å². The first kappa shape index (κ1) is 19.4. The van der Waals surface area contributed by atoms with Crippen molar-refractivity contribution >= 4 is 0 Å². The molecule has 1 aliphatic heterocycles. The van der Waals surface area contributed by atoms with Gasteiger partial charge in [-0.1, -0.05) is 12.1 Å². The van der Waals surface area contributed by atoms with Crippen LogP contribution in [0.5, 0.6) is 0 Å². The minimum Gasteiger partial charge on any atom is -0.306 e. The van der Waals surface area contributed by atoms with Crippen molar-refractivity contribution in [1.82, 2.24) is 24.6 Å². The summed E-state index contributed by atoms with van der Waals surface area (Å²) in [6.07, 6.45) is -1.82. The van der Waals surface area contributed by atoms with E-state index in [9.17, 15) is 18.0 Å². The van der Waals surface area contributed by atoms with Crippen LogP contribution in [-0.2, 0) is 32.7 Å². The molecule has 0 saturated heterocycles. The van der Waals surface area contributed by atoms with E-state index in [1.54, 1.807) is 4.68 Å². The zero-order valence-corrected chi connectivity index (χ0v) is 16.0. The average molecular weight is 403 g/mol. The molecule has 0 spiro atoms. The molecule has 29 heavy (non-hydrogen) atoms. The topological polar surface area (TPSA) is 66.8 Å². The van der Waals surface area contributed by atoms with Gasteiger partial charge in [0, 0.05) is 50.4 Å². The molecule has 0 bridgehead atoms. The molecule has 0 unspecified atom stereocenters. The van der Waals surface area contributed by atoms with Crippen molar-refractivity contribution in [2.24, 2.45) is 7.05 Å². The van der Waals surface area contributed by atoms with Gasteiger partial charge in [0.05, 0.1) is 22.5 Å². The minimum atomic E-state index is -4.40. The van der Waals surface area contributed by atoms with Crippen molar-refractivity contribution in [3.8, 4) is 11.4 Å². The highest BCUT2D eigenvalue weighted by Gasteiger charge is 2.30. The first-order valence-electron chi connectivity index (χ1n) is 9.22. The predicted molar refractivity (Wildman–Crippen MR) is 101 cm³/mol. The van der Waals surface area contributed by atoms with Crippen molar-refractivity contribution in [2.45, 2.75) is 32.6 Å². The highest BCUT2D eigenvalue weighted by molar-refractivity contribution is 5.56. The summed E-state index contributed by atoms with van der Waals surface area (Å²) in [5.74, 6) is 0.291. The lowest BCUT2D eigenvalue weighted by atomic mass is 10.1. The fraction of sp³-hybridized carbons (Fsp3) is 0.350. The molecule has 0 saturated carbocycles. The van der Waals surface area contributed by atoms with E-state index in [2.05, 4.69) is 20.0 Å². The fourth-order valence-corrected chi connectivity index (χ4v) is 3.61. The largest absolute Gasteiger partial charge is 0.416 e. The maximum Gasteiger partial charge on any atom is 0.416 e. The molecule has 0 radical (unpaired) electrons. The number of hydrogen-bond donors (Lipinski definition) is 1. The van der Waals surface area contributed by atoms with Crippen LogP contribution in [0.1, 0.15) is 28.1 Å². The Hall–Kier alpha value is -2.94. The molecular weight excluding hydrogens is 383 g/mol. The SMILES string of the molecule is Cc1nn(C)cc1CN1CCc2nc(-c3ccc(C(F)(F)F)cc3)[nH]c(=O)c2C1. The van der Waals surface area contributed by atoms with Gasteiger partial charge in [0.2, 0.25) is 0 Å². The van der Waals surface area contributed by atoms with Crippen LogP contribution in [0.25, 0.3) is 11.4 Å². The Kier molecular flexibility index (Phi) is 4.77. The van der Waals surface area contributed by atoms with Gasteiger partial charge in [-0.3, -0.25) is 14.4 Å². The zero-order valence-electron chi connectivity index (χ0n) is 16.0. The molecule has 0 amide bonds. The van der Waals surface area contributed by atoms with E-state index < -0.39 is 11.7 Å². The Morgan fingerprint density at radius 2 is 1.93 bits per heavy atom. The highest BCUT2D eigenvalue weighted by atomic mass is 19.4. The Balaban J connectivity index is 1.57. The van der Waals surface area contributed by atoms with Crippen LogP contribution in [0, 0.1) is 6.92 Å². The molecule has 6 nitrogen and oxygen atoms in total. The van der Waals surface area contributed by atoms with Crippen LogP contribution in [0.2, 0.25) is 0 Å². The van der Waals surface area contributed by atoms with E-state index >= 15 is 0 Å². The maximum atomic E-state index is 12.7. The molecular formula is C20H20F3N5O. The van der Waals surface area contributed by atoms with Gasteiger partial charge in [0.25, 0.3) is 5.56 Å². The van der Waals surface area contributed by atoms with Gasteiger partial charge >= 0.3 is 6.18 Å². The normalized spacial score (nSPS) is 14.8. The molecule has 1 aliphatic rings. The van der Waals surface area contributed by atoms with Crippen LogP contribution in [0.3, 0.4) is 0 Å². The van der Waals surface area contributed by atoms with Gasteiger partial charge < -0.3 is 4.98 Å². The standard InChI is InChI=1S/C20H20F3N5O/c1-12-14(9-27(2)26-12)10-28-8-7-17-16(11-28)19(29)25-18(24-17)13-3-5-15(6-4-13)20(21,22)23/h3-6,9H,7-8,10-11H2,1-2H3,(H,24,25,29). The van der Waals surface area contributed by atoms with Gasteiger partial charge in [-0.15, -0.1) is 0 Å². The predicted octanol–water partition coefficient (Wildman–Crippen LogP) is 3.06.